The molecule has 2 aliphatic heterocycles. The van der Waals surface area contributed by atoms with E-state index >= 15 is 0 Å². The van der Waals surface area contributed by atoms with Crippen LogP contribution in [0.5, 0.6) is 0 Å². The lowest BCUT2D eigenvalue weighted by atomic mass is 10.1. The van der Waals surface area contributed by atoms with Crippen LogP contribution in [-0.4, -0.2) is 80.9 Å². The molecule has 1 aliphatic carbocycles. The van der Waals surface area contributed by atoms with Crippen molar-refractivity contribution in [2.24, 2.45) is 0 Å². The van der Waals surface area contributed by atoms with Gasteiger partial charge in [-0.25, -0.2) is 19.6 Å². The van der Waals surface area contributed by atoms with E-state index in [0.29, 0.717) is 38.6 Å². The second kappa shape index (κ2) is 11.5. The van der Waals surface area contributed by atoms with Gasteiger partial charge in [-0.3, -0.25) is 0 Å². The van der Waals surface area contributed by atoms with Crippen LogP contribution in [0.2, 0.25) is 0 Å². The first kappa shape index (κ1) is 28.3. The molecule has 10 nitrogen and oxygen atoms in total. The molecule has 2 amide bonds. The molecular formula is C32H42N6O4. The zero-order valence-electron chi connectivity index (χ0n) is 25.2. The van der Waals surface area contributed by atoms with Crippen molar-refractivity contribution in [2.75, 3.05) is 37.6 Å². The number of likely N-dealkylation sites (tertiary alicyclic amines) is 1. The van der Waals surface area contributed by atoms with E-state index < -0.39 is 5.60 Å². The molecule has 2 saturated heterocycles. The summed E-state index contributed by atoms with van der Waals surface area (Å²) in [5.41, 5.74) is 2.68. The third-order valence-electron chi connectivity index (χ3n) is 8.44. The molecule has 4 heterocycles. The number of piperidine rings is 1. The summed E-state index contributed by atoms with van der Waals surface area (Å²) in [5.74, 6) is 1.44. The average molecular weight is 575 g/mol. The van der Waals surface area contributed by atoms with E-state index in [1.165, 1.54) is 5.56 Å². The minimum Gasteiger partial charge on any atom is -0.445 e. The van der Waals surface area contributed by atoms with E-state index in [4.69, 9.17) is 19.4 Å². The van der Waals surface area contributed by atoms with E-state index in [0.717, 1.165) is 48.1 Å². The van der Waals surface area contributed by atoms with Gasteiger partial charge in [-0.05, 0) is 70.4 Å². The number of anilines is 1. The van der Waals surface area contributed by atoms with Crippen molar-refractivity contribution in [3.8, 4) is 0 Å². The molecule has 1 unspecified atom stereocenters. The number of hydrogen-bond donors (Lipinski definition) is 0. The minimum absolute atomic E-state index is 0.0735. The standard InChI is InChI=1S/C32H42N6O4/c1-22-17-36(31(40)42-32(2,3)4)15-16-37(22)28-27-26(24-12-13-24)19-38(29(27)34-21-33-28)25-11-8-14-35(18-25)30(39)41-20-23-9-6-5-7-10-23/h5-7,9-10,19,21-22,24-25H,8,11-18,20H2,1-4H3/t22-,25?/m0/s1. The Morgan fingerprint density at radius 2 is 1.71 bits per heavy atom. The van der Waals surface area contributed by atoms with Crippen molar-refractivity contribution in [1.82, 2.24) is 24.3 Å². The molecule has 3 aromatic rings. The highest BCUT2D eigenvalue weighted by atomic mass is 16.6. The van der Waals surface area contributed by atoms with E-state index in [1.807, 2.05) is 56.0 Å². The highest BCUT2D eigenvalue weighted by Gasteiger charge is 2.36. The number of ether oxygens (including phenoxy) is 2. The molecule has 2 atom stereocenters. The normalized spacial score (nSPS) is 21.5. The van der Waals surface area contributed by atoms with Gasteiger partial charge in [0.25, 0.3) is 0 Å². The Morgan fingerprint density at radius 3 is 2.43 bits per heavy atom. The van der Waals surface area contributed by atoms with Gasteiger partial charge >= 0.3 is 12.2 Å². The van der Waals surface area contributed by atoms with Gasteiger partial charge in [0.15, 0.2) is 0 Å². The number of fused-ring (bicyclic) bond motifs is 1. The predicted octanol–water partition coefficient (Wildman–Crippen LogP) is 5.73. The minimum atomic E-state index is -0.522. The summed E-state index contributed by atoms with van der Waals surface area (Å²) in [6, 6.07) is 9.98. The molecule has 3 fully saturated rings. The van der Waals surface area contributed by atoms with E-state index in [-0.39, 0.29) is 30.9 Å². The van der Waals surface area contributed by atoms with Gasteiger partial charge in [0.1, 0.15) is 30.0 Å². The number of carbonyl (C=O) groups is 2. The summed E-state index contributed by atoms with van der Waals surface area (Å²) >= 11 is 0. The first-order valence-corrected chi connectivity index (χ1v) is 15.2. The Balaban J connectivity index is 1.22. The van der Waals surface area contributed by atoms with Crippen molar-refractivity contribution >= 4 is 29.0 Å². The fourth-order valence-electron chi connectivity index (χ4n) is 6.22. The predicted molar refractivity (Wildman–Crippen MR) is 161 cm³/mol. The van der Waals surface area contributed by atoms with Gasteiger partial charge in [-0.1, -0.05) is 30.3 Å². The summed E-state index contributed by atoms with van der Waals surface area (Å²) in [6.45, 7) is 11.2. The Morgan fingerprint density at radius 1 is 0.952 bits per heavy atom. The van der Waals surface area contributed by atoms with Crippen molar-refractivity contribution in [3.05, 3.63) is 54.0 Å². The summed E-state index contributed by atoms with van der Waals surface area (Å²) in [6.07, 6.45) is 7.60. The molecule has 1 aromatic carbocycles. The van der Waals surface area contributed by atoms with E-state index in [1.54, 1.807) is 11.2 Å². The van der Waals surface area contributed by atoms with Crippen molar-refractivity contribution < 1.29 is 19.1 Å². The van der Waals surface area contributed by atoms with E-state index in [9.17, 15) is 9.59 Å². The molecule has 0 spiro atoms. The Bertz CT molecular complexity index is 1430. The lowest BCUT2D eigenvalue weighted by Gasteiger charge is -2.41. The maximum absolute atomic E-state index is 13.0. The van der Waals surface area contributed by atoms with Gasteiger partial charge in [0, 0.05) is 45.0 Å². The third kappa shape index (κ3) is 6.03. The highest BCUT2D eigenvalue weighted by molar-refractivity contribution is 5.92. The molecule has 0 N–H and O–H groups in total. The molecule has 10 heteroatoms. The molecule has 0 radical (unpaired) electrons. The number of piperazine rings is 1. The SMILES string of the molecule is C[C@H]1CN(C(=O)OC(C)(C)C)CCN1c1ncnc2c1c(C1CC1)cn2C1CCCN(C(=O)OCc2ccccc2)C1. The molecule has 3 aliphatic rings. The first-order valence-electron chi connectivity index (χ1n) is 15.2. The maximum Gasteiger partial charge on any atom is 0.410 e. The van der Waals surface area contributed by atoms with Crippen LogP contribution in [-0.2, 0) is 16.1 Å². The number of benzene rings is 1. The largest absolute Gasteiger partial charge is 0.445 e. The lowest BCUT2D eigenvalue weighted by molar-refractivity contribution is 0.0218. The fraction of sp³-hybridized carbons (Fsp3) is 0.562. The van der Waals surface area contributed by atoms with Crippen LogP contribution in [0.1, 0.15) is 76.5 Å². The Kier molecular flexibility index (Phi) is 7.72. The number of nitrogens with zero attached hydrogens (tertiary/aromatic N) is 6. The lowest BCUT2D eigenvalue weighted by Crippen LogP contribution is -2.54. The molecule has 0 bridgehead atoms. The number of aromatic nitrogens is 3. The number of carbonyl (C=O) groups excluding carboxylic acids is 2. The summed E-state index contributed by atoms with van der Waals surface area (Å²) < 4.78 is 13.6. The van der Waals surface area contributed by atoms with Crippen LogP contribution in [0.15, 0.2) is 42.9 Å². The summed E-state index contributed by atoms with van der Waals surface area (Å²) in [4.78, 5) is 41.3. The molecule has 6 rings (SSSR count). The van der Waals surface area contributed by atoms with Gasteiger partial charge < -0.3 is 28.7 Å². The molecule has 2 aromatic heterocycles. The van der Waals surface area contributed by atoms with Crippen molar-refractivity contribution in [3.63, 3.8) is 0 Å². The number of hydrogen-bond acceptors (Lipinski definition) is 7. The highest BCUT2D eigenvalue weighted by Crippen LogP contribution is 2.47. The summed E-state index contributed by atoms with van der Waals surface area (Å²) in [5, 5.41) is 1.11. The molecule has 1 saturated carbocycles. The fourth-order valence-corrected chi connectivity index (χ4v) is 6.22. The Hall–Kier alpha value is -3.82. The van der Waals surface area contributed by atoms with Crippen LogP contribution in [0, 0.1) is 0 Å². The van der Waals surface area contributed by atoms with Crippen LogP contribution in [0.3, 0.4) is 0 Å². The monoisotopic (exact) mass is 574 g/mol. The molecule has 224 valence electrons. The smallest absolute Gasteiger partial charge is 0.410 e. The average Bonchev–Trinajstić information content (AvgIpc) is 3.75. The number of amides is 2. The molecule has 42 heavy (non-hydrogen) atoms. The zero-order chi connectivity index (χ0) is 29.4. The van der Waals surface area contributed by atoms with Gasteiger partial charge in [-0.2, -0.15) is 0 Å². The van der Waals surface area contributed by atoms with Crippen LogP contribution < -0.4 is 4.90 Å². The first-order chi connectivity index (χ1) is 20.2. The van der Waals surface area contributed by atoms with Crippen LogP contribution in [0.25, 0.3) is 11.0 Å². The second-order valence-corrected chi connectivity index (χ2v) is 12.9. The quantitative estimate of drug-likeness (QED) is 0.384. The van der Waals surface area contributed by atoms with Gasteiger partial charge in [0.05, 0.1) is 11.4 Å². The van der Waals surface area contributed by atoms with Crippen molar-refractivity contribution in [1.29, 1.82) is 0 Å². The summed E-state index contributed by atoms with van der Waals surface area (Å²) in [7, 11) is 0. The van der Waals surface area contributed by atoms with Crippen molar-refractivity contribution in [2.45, 2.75) is 83.6 Å². The zero-order valence-corrected chi connectivity index (χ0v) is 25.2. The van der Waals surface area contributed by atoms with Gasteiger partial charge in [0.2, 0.25) is 0 Å². The second-order valence-electron chi connectivity index (χ2n) is 12.9. The topological polar surface area (TPSA) is 93.0 Å². The van der Waals surface area contributed by atoms with Crippen LogP contribution in [0.4, 0.5) is 15.4 Å². The Labute approximate surface area is 247 Å². The van der Waals surface area contributed by atoms with Gasteiger partial charge in [-0.15, -0.1) is 0 Å². The molecular weight excluding hydrogens is 532 g/mol. The van der Waals surface area contributed by atoms with E-state index in [2.05, 4.69) is 22.6 Å². The van der Waals surface area contributed by atoms with Crippen LogP contribution >= 0.6 is 0 Å². The number of rotatable bonds is 5. The maximum atomic E-state index is 13.0. The third-order valence-corrected chi connectivity index (χ3v) is 8.44.